The molecule has 0 unspecified atom stereocenters. The smallest absolute Gasteiger partial charge is 0.129 e. The van der Waals surface area contributed by atoms with Crippen molar-refractivity contribution in [1.82, 2.24) is 10.2 Å². The first kappa shape index (κ1) is 11.6. The van der Waals surface area contributed by atoms with Gasteiger partial charge in [-0.25, -0.2) is 4.39 Å². The molecule has 0 amide bonds. The Kier molecular flexibility index (Phi) is 3.93. The maximum absolute atomic E-state index is 13.1. The normalized spacial score (nSPS) is 19.9. The van der Waals surface area contributed by atoms with Gasteiger partial charge in [0.15, 0.2) is 0 Å². The zero-order chi connectivity index (χ0) is 11.4. The van der Waals surface area contributed by atoms with Gasteiger partial charge in [0.2, 0.25) is 0 Å². The number of rotatable bonds is 4. The van der Waals surface area contributed by atoms with Gasteiger partial charge in [-0.15, -0.1) is 0 Å². The predicted molar refractivity (Wildman–Crippen MR) is 57.8 cm³/mol. The van der Waals surface area contributed by atoms with Gasteiger partial charge >= 0.3 is 0 Å². The topological polar surface area (TPSA) is 48.6 Å². The third-order valence-electron chi connectivity index (χ3n) is 2.91. The Labute approximate surface area is 94.0 Å². The highest BCUT2D eigenvalue weighted by Crippen LogP contribution is 2.23. The minimum absolute atomic E-state index is 0.138. The summed E-state index contributed by atoms with van der Waals surface area (Å²) in [5.74, 6) is 1.09. The van der Waals surface area contributed by atoms with Gasteiger partial charge in [0.25, 0.3) is 0 Å². The van der Waals surface area contributed by atoms with Crippen LogP contribution in [0.2, 0.25) is 0 Å². The molecular weight excluding hydrogens is 211 g/mol. The number of furan rings is 1. The second-order valence-corrected chi connectivity index (χ2v) is 3.92. The summed E-state index contributed by atoms with van der Waals surface area (Å²) in [5.41, 5.74) is 0. The summed E-state index contributed by atoms with van der Waals surface area (Å²) < 4.78 is 18.4. The quantitative estimate of drug-likeness (QED) is 0.796. The number of aliphatic hydroxyl groups is 1. The van der Waals surface area contributed by atoms with E-state index in [1.807, 2.05) is 0 Å². The molecule has 90 valence electrons. The van der Waals surface area contributed by atoms with Gasteiger partial charge in [-0.2, -0.15) is 0 Å². The Morgan fingerprint density at radius 2 is 2.19 bits per heavy atom. The highest BCUT2D eigenvalue weighted by atomic mass is 19.1. The van der Waals surface area contributed by atoms with E-state index < -0.39 is 6.67 Å². The molecule has 2 N–H and O–H groups in total. The van der Waals surface area contributed by atoms with Gasteiger partial charge < -0.3 is 14.8 Å². The maximum atomic E-state index is 13.1. The summed E-state index contributed by atoms with van der Waals surface area (Å²) in [6.45, 7) is 2.81. The Balaban J connectivity index is 2.08. The number of hydrogen-bond acceptors (Lipinski definition) is 4. The minimum Gasteiger partial charge on any atom is -0.462 e. The largest absolute Gasteiger partial charge is 0.462 e. The summed E-state index contributed by atoms with van der Waals surface area (Å²) in [6, 6.07) is 3.13. The summed E-state index contributed by atoms with van der Waals surface area (Å²) in [5, 5.41) is 12.1. The van der Waals surface area contributed by atoms with Crippen LogP contribution in [0.3, 0.4) is 0 Å². The molecule has 0 radical (unpaired) electrons. The first-order valence-corrected chi connectivity index (χ1v) is 5.55. The lowest BCUT2D eigenvalue weighted by molar-refractivity contribution is 0.125. The number of alkyl halides is 1. The van der Waals surface area contributed by atoms with E-state index in [1.165, 1.54) is 0 Å². The molecule has 0 spiro atoms. The summed E-state index contributed by atoms with van der Waals surface area (Å²) in [6.07, 6.45) is 0. The fraction of sp³-hybridized carbons (Fsp3) is 0.636. The SMILES string of the molecule is OCc1ccc([C@@H](CF)N2CCNCC2)o1. The van der Waals surface area contributed by atoms with E-state index in [1.54, 1.807) is 12.1 Å². The zero-order valence-electron chi connectivity index (χ0n) is 9.16. The first-order valence-electron chi connectivity index (χ1n) is 5.55. The predicted octanol–water partition coefficient (Wildman–Crippen LogP) is 0.688. The van der Waals surface area contributed by atoms with Crippen LogP contribution in [0.15, 0.2) is 16.5 Å². The highest BCUT2D eigenvalue weighted by molar-refractivity contribution is 5.11. The van der Waals surface area contributed by atoms with Crippen LogP contribution in [0.4, 0.5) is 4.39 Å². The van der Waals surface area contributed by atoms with Gasteiger partial charge in [0, 0.05) is 26.2 Å². The lowest BCUT2D eigenvalue weighted by Gasteiger charge is -2.32. The molecule has 0 aliphatic carbocycles. The molecule has 4 nitrogen and oxygen atoms in total. The van der Waals surface area contributed by atoms with Crippen molar-refractivity contribution in [2.24, 2.45) is 0 Å². The van der Waals surface area contributed by atoms with E-state index in [0.717, 1.165) is 26.2 Å². The molecule has 0 bridgehead atoms. The monoisotopic (exact) mass is 228 g/mol. The van der Waals surface area contributed by atoms with Crippen molar-refractivity contribution in [2.45, 2.75) is 12.6 Å². The van der Waals surface area contributed by atoms with Crippen LogP contribution in [0, 0.1) is 0 Å². The molecule has 1 atom stereocenters. The van der Waals surface area contributed by atoms with Gasteiger partial charge in [0.1, 0.15) is 24.8 Å². The molecule has 2 rings (SSSR count). The van der Waals surface area contributed by atoms with Crippen LogP contribution in [0.5, 0.6) is 0 Å². The van der Waals surface area contributed by atoms with Crippen molar-refractivity contribution >= 4 is 0 Å². The molecule has 1 aliphatic heterocycles. The number of piperazine rings is 1. The van der Waals surface area contributed by atoms with E-state index in [2.05, 4.69) is 10.2 Å². The number of halogens is 1. The van der Waals surface area contributed by atoms with Crippen molar-refractivity contribution in [2.75, 3.05) is 32.9 Å². The summed E-state index contributed by atoms with van der Waals surface area (Å²) in [7, 11) is 0. The van der Waals surface area contributed by atoms with Gasteiger partial charge in [0.05, 0.1) is 6.04 Å². The van der Waals surface area contributed by atoms with Crippen molar-refractivity contribution < 1.29 is 13.9 Å². The fourth-order valence-corrected chi connectivity index (χ4v) is 2.01. The average molecular weight is 228 g/mol. The second kappa shape index (κ2) is 5.43. The molecule has 0 saturated carbocycles. The molecule has 1 aromatic heterocycles. The lowest BCUT2D eigenvalue weighted by atomic mass is 10.2. The Morgan fingerprint density at radius 3 is 2.75 bits per heavy atom. The maximum Gasteiger partial charge on any atom is 0.129 e. The minimum atomic E-state index is -0.460. The number of aliphatic hydroxyl groups excluding tert-OH is 1. The molecule has 1 fully saturated rings. The number of nitrogens with zero attached hydrogens (tertiary/aromatic N) is 1. The van der Waals surface area contributed by atoms with E-state index >= 15 is 0 Å². The van der Waals surface area contributed by atoms with Crippen LogP contribution in [-0.4, -0.2) is 42.9 Å². The van der Waals surface area contributed by atoms with E-state index in [9.17, 15) is 4.39 Å². The third kappa shape index (κ3) is 2.42. The van der Waals surface area contributed by atoms with Crippen molar-refractivity contribution in [3.8, 4) is 0 Å². The van der Waals surface area contributed by atoms with Crippen LogP contribution < -0.4 is 5.32 Å². The van der Waals surface area contributed by atoms with E-state index in [-0.39, 0.29) is 12.6 Å². The molecule has 16 heavy (non-hydrogen) atoms. The van der Waals surface area contributed by atoms with Crippen LogP contribution in [0.1, 0.15) is 17.6 Å². The number of nitrogens with one attached hydrogen (secondary N) is 1. The molecule has 1 aliphatic rings. The van der Waals surface area contributed by atoms with Crippen molar-refractivity contribution in [1.29, 1.82) is 0 Å². The zero-order valence-corrected chi connectivity index (χ0v) is 9.16. The van der Waals surface area contributed by atoms with Gasteiger partial charge in [-0.3, -0.25) is 4.90 Å². The van der Waals surface area contributed by atoms with Gasteiger partial charge in [-0.05, 0) is 12.1 Å². The highest BCUT2D eigenvalue weighted by Gasteiger charge is 2.24. The van der Waals surface area contributed by atoms with Gasteiger partial charge in [-0.1, -0.05) is 0 Å². The summed E-state index contributed by atoms with van der Waals surface area (Å²) >= 11 is 0. The van der Waals surface area contributed by atoms with Crippen LogP contribution >= 0.6 is 0 Å². The lowest BCUT2D eigenvalue weighted by Crippen LogP contribution is -2.45. The Morgan fingerprint density at radius 1 is 1.44 bits per heavy atom. The standard InChI is InChI=1S/C11H17FN2O2/c12-7-10(14-5-3-13-4-6-14)11-2-1-9(8-15)16-11/h1-2,10,13,15H,3-8H2/t10-/m1/s1. The molecule has 0 aromatic carbocycles. The molecule has 1 saturated heterocycles. The summed E-state index contributed by atoms with van der Waals surface area (Å²) in [4.78, 5) is 2.07. The first-order chi connectivity index (χ1) is 7.85. The molecule has 1 aromatic rings. The van der Waals surface area contributed by atoms with E-state index in [4.69, 9.17) is 9.52 Å². The van der Waals surface area contributed by atoms with Crippen molar-refractivity contribution in [3.05, 3.63) is 23.7 Å². The van der Waals surface area contributed by atoms with Crippen molar-refractivity contribution in [3.63, 3.8) is 0 Å². The average Bonchev–Trinajstić information content (AvgIpc) is 2.80. The van der Waals surface area contributed by atoms with Crippen LogP contribution in [0.25, 0.3) is 0 Å². The molecular formula is C11H17FN2O2. The van der Waals surface area contributed by atoms with E-state index in [0.29, 0.717) is 11.5 Å². The second-order valence-electron chi connectivity index (χ2n) is 3.92. The Bertz CT molecular complexity index is 324. The third-order valence-corrected chi connectivity index (χ3v) is 2.91. The molecule has 5 heteroatoms. The number of hydrogen-bond donors (Lipinski definition) is 2. The molecule has 2 heterocycles. The fourth-order valence-electron chi connectivity index (χ4n) is 2.01. The van der Waals surface area contributed by atoms with Crippen LogP contribution in [-0.2, 0) is 6.61 Å². The Hall–Kier alpha value is -0.910.